The normalized spacial score (nSPS) is 11.5. The van der Waals surface area contributed by atoms with Crippen molar-refractivity contribution < 1.29 is 19.5 Å². The summed E-state index contributed by atoms with van der Waals surface area (Å²) in [6.45, 7) is 0. The Balaban J connectivity index is 0.000000160. The van der Waals surface area contributed by atoms with Crippen LogP contribution in [0.1, 0.15) is 0 Å². The van der Waals surface area contributed by atoms with Gasteiger partial charge in [0, 0.05) is 23.2 Å². The van der Waals surface area contributed by atoms with Crippen molar-refractivity contribution in [3.8, 4) is 0 Å². The summed E-state index contributed by atoms with van der Waals surface area (Å²) in [4.78, 5) is 25.6. The number of hydrogen-bond donors (Lipinski definition) is 0. The van der Waals surface area contributed by atoms with Gasteiger partial charge in [-0.05, 0) is 22.9 Å². The Kier molecular flexibility index (Phi) is 8.05. The maximum absolute atomic E-state index is 4.37. The summed E-state index contributed by atoms with van der Waals surface area (Å²) in [7, 11) is 0. The fraction of sp³-hybridized carbons (Fsp3) is 0. The Morgan fingerprint density at radius 2 is 0.886 bits per heavy atom. The third-order valence-corrected chi connectivity index (χ3v) is 4.99. The Bertz CT molecular complexity index is 1530. The monoisotopic (exact) mass is 504 g/mol. The molecule has 0 saturated carbocycles. The van der Waals surface area contributed by atoms with Gasteiger partial charge in [0.25, 0.3) is 0 Å². The third-order valence-electron chi connectivity index (χ3n) is 4.99. The molecule has 6 aromatic rings. The van der Waals surface area contributed by atoms with E-state index in [9.17, 15) is 0 Å². The summed E-state index contributed by atoms with van der Waals surface area (Å²) in [6.07, 6.45) is 7.11. The van der Waals surface area contributed by atoms with E-state index in [0.717, 1.165) is 21.5 Å². The Hall–Kier alpha value is -4.22. The standard InChI is InChI=1S/2C14H10N3.Zn/c2*1-2-6-12-10-16-14(9-11(12)5-1)17-13-7-3-4-8-15-13;/h2*1-10H;/q2*-1;+2. The van der Waals surface area contributed by atoms with E-state index in [-0.39, 0.29) is 19.5 Å². The van der Waals surface area contributed by atoms with Crippen molar-refractivity contribution >= 4 is 33.2 Å². The second-order valence-corrected chi connectivity index (χ2v) is 7.38. The molecule has 6 rings (SSSR count). The van der Waals surface area contributed by atoms with Crippen LogP contribution in [0.4, 0.5) is 11.6 Å². The quantitative estimate of drug-likeness (QED) is 0.315. The first kappa shape index (κ1) is 23.9. The predicted octanol–water partition coefficient (Wildman–Crippen LogP) is 4.85. The molecule has 4 heterocycles. The predicted molar refractivity (Wildman–Crippen MR) is 133 cm³/mol. The van der Waals surface area contributed by atoms with Crippen molar-refractivity contribution in [3.63, 3.8) is 0 Å². The zero-order valence-corrected chi connectivity index (χ0v) is 21.9. The second-order valence-electron chi connectivity index (χ2n) is 7.38. The van der Waals surface area contributed by atoms with Gasteiger partial charge in [0.15, 0.2) is 0 Å². The molecule has 0 spiro atoms. The van der Waals surface area contributed by atoms with Gasteiger partial charge < -0.3 is 20.0 Å². The first-order valence-corrected chi connectivity index (χ1v) is 10.8. The van der Waals surface area contributed by atoms with E-state index in [1.54, 1.807) is 12.4 Å². The number of nitrogens with zero attached hydrogens (tertiary/aromatic N) is 6. The van der Waals surface area contributed by atoms with Crippen LogP contribution in [0, 0.1) is 0 Å². The van der Waals surface area contributed by atoms with Gasteiger partial charge in [-0.25, -0.2) is 0 Å². The van der Waals surface area contributed by atoms with Crippen LogP contribution < -0.4 is 20.9 Å². The number of aromatic nitrogens is 4. The molecule has 0 aliphatic heterocycles. The molecule has 0 bridgehead atoms. The Morgan fingerprint density at radius 1 is 0.486 bits per heavy atom. The van der Waals surface area contributed by atoms with Crippen LogP contribution in [0.5, 0.6) is 0 Å². The van der Waals surface area contributed by atoms with Crippen LogP contribution in [0.3, 0.4) is 0 Å². The summed E-state index contributed by atoms with van der Waals surface area (Å²) in [5, 5.41) is 4.51. The third kappa shape index (κ3) is 6.43. The summed E-state index contributed by atoms with van der Waals surface area (Å²) < 4.78 is 0. The molecule has 35 heavy (non-hydrogen) atoms. The van der Waals surface area contributed by atoms with E-state index in [0.29, 0.717) is 22.6 Å². The number of pyridine rings is 4. The molecule has 0 N–H and O–H groups in total. The molecule has 6 nitrogen and oxygen atoms in total. The molecule has 0 aliphatic rings. The first-order chi connectivity index (χ1) is 16.8. The number of hydrogen-bond acceptors (Lipinski definition) is 4. The molecule has 0 atom stereocenters. The fourth-order valence-electron chi connectivity index (χ4n) is 3.34. The minimum Gasteiger partial charge on any atom is -0.443 e. The van der Waals surface area contributed by atoms with Gasteiger partial charge in [0.2, 0.25) is 0 Å². The van der Waals surface area contributed by atoms with Crippen LogP contribution in [-0.4, -0.2) is 9.97 Å². The van der Waals surface area contributed by atoms with Crippen molar-refractivity contribution in [2.45, 2.75) is 0 Å². The van der Waals surface area contributed by atoms with Crippen molar-refractivity contribution in [3.05, 3.63) is 133 Å². The average molecular weight is 506 g/mol. The zero-order valence-electron chi connectivity index (χ0n) is 18.9. The number of rotatable bonds is 2. The minimum atomic E-state index is 0. The second kappa shape index (κ2) is 11.8. The van der Waals surface area contributed by atoms with E-state index in [1.807, 2.05) is 97.3 Å². The SMILES string of the molecule is [Zn+2].c1cc/c(=N/c2cc3ccccc3cn2)[n-]c1.c1cc/c(=N/c2cc3ccccc3cn2)[n-]c1. The Labute approximate surface area is 215 Å². The molecule has 4 aromatic heterocycles. The summed E-state index contributed by atoms with van der Waals surface area (Å²) >= 11 is 0. The topological polar surface area (TPSA) is 78.7 Å². The van der Waals surface area contributed by atoms with E-state index in [2.05, 4.69) is 42.1 Å². The van der Waals surface area contributed by atoms with Crippen molar-refractivity contribution in [1.29, 1.82) is 0 Å². The van der Waals surface area contributed by atoms with Crippen molar-refractivity contribution in [2.75, 3.05) is 0 Å². The molecule has 0 amide bonds. The minimum absolute atomic E-state index is 0. The molecule has 0 saturated heterocycles. The van der Waals surface area contributed by atoms with E-state index >= 15 is 0 Å². The Morgan fingerprint density at radius 3 is 1.29 bits per heavy atom. The largest absolute Gasteiger partial charge is 2.00 e. The van der Waals surface area contributed by atoms with E-state index < -0.39 is 0 Å². The molecule has 0 unspecified atom stereocenters. The van der Waals surface area contributed by atoms with E-state index in [1.165, 1.54) is 0 Å². The molecular formula is C28H20N6Zn. The van der Waals surface area contributed by atoms with Crippen LogP contribution in [0.2, 0.25) is 0 Å². The van der Waals surface area contributed by atoms with Crippen molar-refractivity contribution in [2.24, 2.45) is 9.98 Å². The van der Waals surface area contributed by atoms with Crippen molar-refractivity contribution in [1.82, 2.24) is 19.9 Å². The summed E-state index contributed by atoms with van der Waals surface area (Å²) in [5.74, 6) is 1.37. The molecule has 2 aromatic carbocycles. The maximum atomic E-state index is 4.37. The van der Waals surface area contributed by atoms with Gasteiger partial charge in [0.1, 0.15) is 0 Å². The summed E-state index contributed by atoms with van der Waals surface area (Å²) in [6, 6.07) is 31.4. The zero-order chi connectivity index (χ0) is 23.0. The van der Waals surface area contributed by atoms with Gasteiger partial charge in [0.05, 0.1) is 11.6 Å². The first-order valence-electron chi connectivity index (χ1n) is 10.8. The number of benzene rings is 2. The molecule has 0 aliphatic carbocycles. The molecule has 0 radical (unpaired) electrons. The van der Waals surface area contributed by atoms with Crippen LogP contribution in [0.15, 0.2) is 132 Å². The van der Waals surface area contributed by atoms with Crippen LogP contribution in [-0.2, 0) is 19.5 Å². The fourth-order valence-corrected chi connectivity index (χ4v) is 3.34. The molecule has 164 valence electrons. The van der Waals surface area contributed by atoms with Crippen LogP contribution in [0.25, 0.3) is 21.5 Å². The van der Waals surface area contributed by atoms with Gasteiger partial charge in [-0.2, -0.15) is 0 Å². The smallest absolute Gasteiger partial charge is 0.443 e. The summed E-state index contributed by atoms with van der Waals surface area (Å²) in [5.41, 5.74) is 1.35. The molecule has 7 heteroatoms. The molecule has 0 fully saturated rings. The van der Waals surface area contributed by atoms with Crippen LogP contribution >= 0.6 is 0 Å². The molecular weight excluding hydrogens is 486 g/mol. The van der Waals surface area contributed by atoms with Gasteiger partial charge >= 0.3 is 19.5 Å². The van der Waals surface area contributed by atoms with E-state index in [4.69, 9.17) is 0 Å². The van der Waals surface area contributed by atoms with Gasteiger partial charge in [-0.1, -0.05) is 108 Å². The van der Waals surface area contributed by atoms with Gasteiger partial charge in [-0.15, -0.1) is 0 Å². The van der Waals surface area contributed by atoms with Gasteiger partial charge in [-0.3, -0.25) is 9.97 Å². The maximum Gasteiger partial charge on any atom is 2.00 e. The average Bonchev–Trinajstić information content (AvgIpc) is 2.90. The number of fused-ring (bicyclic) bond motifs is 2.